The molecular formula is H5AlCl3NO. The Balaban J connectivity index is -0.0000000450. The minimum Gasteiger partial charge on any atom is -0.412 e. The Bertz CT molecular complexity index is 15.5. The van der Waals surface area contributed by atoms with Gasteiger partial charge in [0.1, 0.15) is 0 Å². The van der Waals surface area contributed by atoms with Gasteiger partial charge in [0.15, 0.2) is 0 Å². The van der Waals surface area contributed by atoms with Gasteiger partial charge in [0, 0.05) is 0 Å². The molecule has 0 aromatic carbocycles. The second-order valence-electron chi connectivity index (χ2n) is 0.247. The van der Waals surface area contributed by atoms with E-state index in [2.05, 4.69) is 0 Å². The SMILES string of the molecule is N.O.[Cl][Al]([Cl])[Cl]. The van der Waals surface area contributed by atoms with Crippen molar-refractivity contribution in [1.82, 2.24) is 6.15 Å². The molecular weight excluding hydrogens is 163 g/mol. The van der Waals surface area contributed by atoms with Crippen LogP contribution >= 0.6 is 30.1 Å². The summed E-state index contributed by atoms with van der Waals surface area (Å²) in [4.78, 5) is 0. The fourth-order valence-electron chi connectivity index (χ4n) is 0. The van der Waals surface area contributed by atoms with Gasteiger partial charge in [0.05, 0.1) is 0 Å². The minimum atomic E-state index is -1.72. The lowest BCUT2D eigenvalue weighted by Crippen LogP contribution is -1.66. The van der Waals surface area contributed by atoms with E-state index in [1.165, 1.54) is 0 Å². The Morgan fingerprint density at radius 3 is 1.00 bits per heavy atom. The molecule has 2 nitrogen and oxygen atoms in total. The van der Waals surface area contributed by atoms with E-state index in [1.54, 1.807) is 0 Å². The van der Waals surface area contributed by atoms with E-state index in [4.69, 9.17) is 30.1 Å². The molecule has 0 amide bonds. The summed E-state index contributed by atoms with van der Waals surface area (Å²) in [6, 6.07) is 0. The van der Waals surface area contributed by atoms with Crippen molar-refractivity contribution in [2.45, 2.75) is 0 Å². The van der Waals surface area contributed by atoms with Crippen molar-refractivity contribution < 1.29 is 5.48 Å². The van der Waals surface area contributed by atoms with Crippen LogP contribution in [0.4, 0.5) is 0 Å². The van der Waals surface area contributed by atoms with Crippen LogP contribution in [0.2, 0.25) is 0 Å². The fraction of sp³-hybridized carbons (Fsp3) is 0. The lowest BCUT2D eigenvalue weighted by atomic mass is 14.0. The van der Waals surface area contributed by atoms with Crippen molar-refractivity contribution in [3.8, 4) is 0 Å². The largest absolute Gasteiger partial charge is 0.643 e. The molecule has 0 rings (SSSR count). The fourth-order valence-corrected chi connectivity index (χ4v) is 0. The summed E-state index contributed by atoms with van der Waals surface area (Å²) in [5, 5.41) is 0. The van der Waals surface area contributed by atoms with Crippen LogP contribution in [0.15, 0.2) is 0 Å². The molecule has 0 heterocycles. The molecule has 0 spiro atoms. The summed E-state index contributed by atoms with van der Waals surface area (Å²) in [6.07, 6.45) is 0. The van der Waals surface area contributed by atoms with Crippen LogP contribution in [-0.2, 0) is 0 Å². The smallest absolute Gasteiger partial charge is 0.412 e. The van der Waals surface area contributed by atoms with Crippen molar-refractivity contribution in [1.29, 1.82) is 0 Å². The Labute approximate surface area is 53.3 Å². The van der Waals surface area contributed by atoms with E-state index in [1.807, 2.05) is 0 Å². The summed E-state index contributed by atoms with van der Waals surface area (Å²) in [5.74, 6) is 0. The number of hydrogen-bond acceptors (Lipinski definition) is 1. The van der Waals surface area contributed by atoms with E-state index >= 15 is 0 Å². The van der Waals surface area contributed by atoms with Crippen LogP contribution in [0.1, 0.15) is 0 Å². The summed E-state index contributed by atoms with van der Waals surface area (Å²) in [6.45, 7) is 0. The van der Waals surface area contributed by atoms with Gasteiger partial charge in [0.25, 0.3) is 0 Å². The molecule has 0 aliphatic carbocycles. The van der Waals surface area contributed by atoms with Gasteiger partial charge in [-0.1, -0.05) is 0 Å². The Hall–Kier alpha value is 1.32. The molecule has 5 N–H and O–H groups in total. The van der Waals surface area contributed by atoms with Gasteiger partial charge in [0.2, 0.25) is 0 Å². The lowest BCUT2D eigenvalue weighted by molar-refractivity contribution is 0.824. The summed E-state index contributed by atoms with van der Waals surface area (Å²) < 4.78 is 0. The van der Waals surface area contributed by atoms with Gasteiger partial charge in [-0.2, -0.15) is 0 Å². The second kappa shape index (κ2) is 9.59. The third-order valence-electron chi connectivity index (χ3n) is 0. The van der Waals surface area contributed by atoms with Crippen LogP contribution in [-0.4, -0.2) is 16.9 Å². The first-order valence-corrected chi connectivity index (χ1v) is 5.89. The molecule has 0 aromatic rings. The first-order chi connectivity index (χ1) is 1.73. The number of rotatable bonds is 0. The predicted molar refractivity (Wildman–Crippen MR) is 31.9 cm³/mol. The van der Waals surface area contributed by atoms with Crippen LogP contribution in [0.5, 0.6) is 0 Å². The van der Waals surface area contributed by atoms with Gasteiger partial charge in [-0.3, -0.25) is 0 Å². The average molecular weight is 168 g/mol. The topological polar surface area (TPSA) is 66.5 Å². The van der Waals surface area contributed by atoms with E-state index < -0.39 is 11.4 Å². The van der Waals surface area contributed by atoms with Gasteiger partial charge in [-0.25, -0.2) is 30.1 Å². The van der Waals surface area contributed by atoms with E-state index in [0.29, 0.717) is 0 Å². The monoisotopic (exact) mass is 167 g/mol. The summed E-state index contributed by atoms with van der Waals surface area (Å²) in [7, 11) is 14.8. The standard InChI is InChI=1S/Al.3ClH.H3N.H2O/h;3*1H;1H3;1H2/q+3;;;;;/p-3. The third kappa shape index (κ3) is 56.9. The molecule has 0 fully saturated rings. The predicted octanol–water partition coefficient (Wildman–Crippen LogP) is 1.02. The molecule has 40 valence electrons. The molecule has 6 heteroatoms. The molecule has 0 bridgehead atoms. The third-order valence-corrected chi connectivity index (χ3v) is 0. The zero-order chi connectivity index (χ0) is 3.58. The van der Waals surface area contributed by atoms with Gasteiger partial charge < -0.3 is 11.6 Å². The van der Waals surface area contributed by atoms with Crippen molar-refractivity contribution in [3.63, 3.8) is 0 Å². The molecule has 0 atom stereocenters. The lowest BCUT2D eigenvalue weighted by Gasteiger charge is -1.57. The van der Waals surface area contributed by atoms with E-state index in [-0.39, 0.29) is 11.6 Å². The van der Waals surface area contributed by atoms with Crippen LogP contribution in [0.3, 0.4) is 0 Å². The highest BCUT2D eigenvalue weighted by Crippen LogP contribution is 1.97. The van der Waals surface area contributed by atoms with Gasteiger partial charge >= 0.3 is 11.4 Å². The van der Waals surface area contributed by atoms with Crippen LogP contribution < -0.4 is 6.15 Å². The molecule has 0 saturated heterocycles. The Kier molecular flexibility index (Phi) is 25.0. The minimum absolute atomic E-state index is 0. The molecule has 0 radical (unpaired) electrons. The van der Waals surface area contributed by atoms with E-state index in [0.717, 1.165) is 0 Å². The maximum Gasteiger partial charge on any atom is 0.643 e. The molecule has 0 aliphatic rings. The molecule has 0 unspecified atom stereocenters. The summed E-state index contributed by atoms with van der Waals surface area (Å²) in [5.41, 5.74) is 0. The van der Waals surface area contributed by atoms with Crippen LogP contribution in [0, 0.1) is 0 Å². The number of hydrogen-bond donors (Lipinski definition) is 1. The average Bonchev–Trinajstić information content (AvgIpc) is 0.811. The molecule has 0 aromatic heterocycles. The van der Waals surface area contributed by atoms with Gasteiger partial charge in [-0.05, 0) is 0 Å². The van der Waals surface area contributed by atoms with Crippen molar-refractivity contribution in [2.24, 2.45) is 0 Å². The Morgan fingerprint density at radius 1 is 1.00 bits per heavy atom. The van der Waals surface area contributed by atoms with E-state index in [9.17, 15) is 0 Å². The maximum absolute atomic E-state index is 4.94. The molecule has 0 saturated carbocycles. The van der Waals surface area contributed by atoms with Crippen molar-refractivity contribution in [2.75, 3.05) is 0 Å². The second-order valence-corrected chi connectivity index (χ2v) is 6.68. The van der Waals surface area contributed by atoms with Gasteiger partial charge in [-0.15, -0.1) is 0 Å². The molecule has 6 heavy (non-hydrogen) atoms. The number of halogens is 3. The highest BCUT2D eigenvalue weighted by molar-refractivity contribution is 7.54. The van der Waals surface area contributed by atoms with Crippen molar-refractivity contribution in [3.05, 3.63) is 0 Å². The van der Waals surface area contributed by atoms with Crippen LogP contribution in [0.25, 0.3) is 0 Å². The maximum atomic E-state index is 4.94. The quantitative estimate of drug-likeness (QED) is 0.539. The highest BCUT2D eigenvalue weighted by atomic mass is 35.8. The normalized spacial score (nSPS) is 4.50. The Morgan fingerprint density at radius 2 is 1.00 bits per heavy atom. The summed E-state index contributed by atoms with van der Waals surface area (Å²) >= 11 is -1.72. The van der Waals surface area contributed by atoms with Crippen molar-refractivity contribution >= 4 is 41.5 Å². The molecule has 0 aliphatic heterocycles. The zero-order valence-electron chi connectivity index (χ0n) is 2.92. The highest BCUT2D eigenvalue weighted by Gasteiger charge is 2.00. The first-order valence-electron chi connectivity index (χ1n) is 0.655. The first kappa shape index (κ1) is 15.7. The zero-order valence-corrected chi connectivity index (χ0v) is 6.34.